The molecule has 1 fully saturated rings. The molecular weight excluding hydrogens is 448 g/mol. The molecule has 0 spiro atoms. The first-order valence-electron chi connectivity index (χ1n) is 9.88. The Bertz CT molecular complexity index is 918. The summed E-state index contributed by atoms with van der Waals surface area (Å²) in [4.78, 5) is 41.7. The van der Waals surface area contributed by atoms with Crippen LogP contribution >= 0.6 is 15.9 Å². The summed E-state index contributed by atoms with van der Waals surface area (Å²) in [6.45, 7) is 2.73. The molecular formula is C23H25BrN2O4. The fourth-order valence-corrected chi connectivity index (χ4v) is 4.18. The summed E-state index contributed by atoms with van der Waals surface area (Å²) in [5.74, 6) is -2.09. The molecule has 1 saturated heterocycles. The molecule has 30 heavy (non-hydrogen) atoms. The number of carbonyl (C=O) groups excluding carboxylic acids is 3. The Labute approximate surface area is 184 Å². The van der Waals surface area contributed by atoms with E-state index in [1.807, 2.05) is 54.6 Å². The Morgan fingerprint density at radius 1 is 1.17 bits per heavy atom. The second kappa shape index (κ2) is 9.89. The average molecular weight is 473 g/mol. The van der Waals surface area contributed by atoms with Gasteiger partial charge in [-0.1, -0.05) is 49.4 Å². The summed E-state index contributed by atoms with van der Waals surface area (Å²) in [7, 11) is 1.33. The molecule has 2 atom stereocenters. The predicted octanol–water partition coefficient (Wildman–Crippen LogP) is 3.64. The van der Waals surface area contributed by atoms with Crippen LogP contribution in [-0.2, 0) is 25.7 Å². The maximum atomic E-state index is 13.4. The van der Waals surface area contributed by atoms with Crippen LogP contribution in [0.25, 0.3) is 0 Å². The molecule has 2 amide bonds. The maximum absolute atomic E-state index is 13.4. The molecule has 7 heteroatoms. The van der Waals surface area contributed by atoms with Gasteiger partial charge in [-0.2, -0.15) is 0 Å². The number of esters is 1. The second-order valence-corrected chi connectivity index (χ2v) is 8.27. The molecule has 1 aliphatic rings. The zero-order valence-electron chi connectivity index (χ0n) is 17.1. The zero-order valence-corrected chi connectivity index (χ0v) is 18.7. The van der Waals surface area contributed by atoms with Crippen molar-refractivity contribution in [2.75, 3.05) is 25.1 Å². The number of nitrogens with zero attached hydrogens (tertiary/aromatic N) is 2. The monoisotopic (exact) mass is 472 g/mol. The number of halogens is 1. The maximum Gasteiger partial charge on any atom is 0.310 e. The van der Waals surface area contributed by atoms with Crippen LogP contribution in [0.5, 0.6) is 0 Å². The van der Waals surface area contributed by atoms with Gasteiger partial charge in [0, 0.05) is 24.1 Å². The zero-order chi connectivity index (χ0) is 21.7. The van der Waals surface area contributed by atoms with Crippen molar-refractivity contribution in [3.63, 3.8) is 0 Å². The molecule has 2 aromatic rings. The molecule has 3 rings (SSSR count). The molecule has 0 radical (unpaired) electrons. The Morgan fingerprint density at radius 2 is 1.83 bits per heavy atom. The Hall–Kier alpha value is -2.67. The summed E-state index contributed by atoms with van der Waals surface area (Å²) in [6, 6.07) is 17.0. The van der Waals surface area contributed by atoms with Gasteiger partial charge in [0.05, 0.1) is 18.7 Å². The SMILES string of the molecule is COC(=O)C(C)CN(Cc1ccccc1)C(=O)C1CCN(c2ccccc2Br)C1=O. The fraction of sp³-hybridized carbons (Fsp3) is 0.348. The lowest BCUT2D eigenvalue weighted by atomic mass is 10.0. The third-order valence-electron chi connectivity index (χ3n) is 5.27. The number of anilines is 1. The van der Waals surface area contributed by atoms with E-state index < -0.39 is 11.8 Å². The molecule has 1 aliphatic heterocycles. The summed E-state index contributed by atoms with van der Waals surface area (Å²) >= 11 is 3.48. The number of amides is 2. The van der Waals surface area contributed by atoms with E-state index in [1.54, 1.807) is 16.7 Å². The Morgan fingerprint density at radius 3 is 2.50 bits per heavy atom. The molecule has 2 unspecified atom stereocenters. The molecule has 0 N–H and O–H groups in total. The highest BCUT2D eigenvalue weighted by atomic mass is 79.9. The van der Waals surface area contributed by atoms with Crippen molar-refractivity contribution in [1.29, 1.82) is 0 Å². The molecule has 0 bridgehead atoms. The number of ether oxygens (including phenoxy) is 1. The first kappa shape index (κ1) is 22.0. The van der Waals surface area contributed by atoms with Gasteiger partial charge in [0.1, 0.15) is 5.92 Å². The quantitative estimate of drug-likeness (QED) is 0.455. The highest BCUT2D eigenvalue weighted by Crippen LogP contribution is 2.32. The summed E-state index contributed by atoms with van der Waals surface area (Å²) < 4.78 is 5.63. The molecule has 2 aromatic carbocycles. The third kappa shape index (κ3) is 4.90. The molecule has 0 aromatic heterocycles. The van der Waals surface area contributed by atoms with Gasteiger partial charge in [0.25, 0.3) is 0 Å². The number of benzene rings is 2. The lowest BCUT2D eigenvalue weighted by Gasteiger charge is -2.27. The summed E-state index contributed by atoms with van der Waals surface area (Å²) in [6.07, 6.45) is 0.441. The van der Waals surface area contributed by atoms with E-state index >= 15 is 0 Å². The van der Waals surface area contributed by atoms with Crippen LogP contribution < -0.4 is 4.90 Å². The van der Waals surface area contributed by atoms with Crippen molar-refractivity contribution in [2.24, 2.45) is 11.8 Å². The van der Waals surface area contributed by atoms with Gasteiger partial charge in [0.2, 0.25) is 11.8 Å². The average Bonchev–Trinajstić information content (AvgIpc) is 3.14. The largest absolute Gasteiger partial charge is 0.469 e. The number of para-hydroxylation sites is 1. The van der Waals surface area contributed by atoms with E-state index in [0.717, 1.165) is 15.7 Å². The van der Waals surface area contributed by atoms with E-state index in [1.165, 1.54) is 7.11 Å². The normalized spacial score (nSPS) is 17.0. The van der Waals surface area contributed by atoms with Gasteiger partial charge in [-0.15, -0.1) is 0 Å². The first-order valence-corrected chi connectivity index (χ1v) is 10.7. The second-order valence-electron chi connectivity index (χ2n) is 7.41. The van der Waals surface area contributed by atoms with Gasteiger partial charge in [-0.3, -0.25) is 14.4 Å². The van der Waals surface area contributed by atoms with Crippen LogP contribution in [0.2, 0.25) is 0 Å². The van der Waals surface area contributed by atoms with E-state index in [0.29, 0.717) is 19.5 Å². The smallest absolute Gasteiger partial charge is 0.310 e. The van der Waals surface area contributed by atoms with Crippen LogP contribution in [0.4, 0.5) is 5.69 Å². The summed E-state index contributed by atoms with van der Waals surface area (Å²) in [5, 5.41) is 0. The number of hydrogen-bond donors (Lipinski definition) is 0. The first-order chi connectivity index (χ1) is 14.4. The molecule has 6 nitrogen and oxygen atoms in total. The third-order valence-corrected chi connectivity index (χ3v) is 5.94. The summed E-state index contributed by atoms with van der Waals surface area (Å²) in [5.41, 5.74) is 1.70. The minimum absolute atomic E-state index is 0.194. The van der Waals surface area contributed by atoms with Crippen LogP contribution in [-0.4, -0.2) is 42.9 Å². The van der Waals surface area contributed by atoms with E-state index in [2.05, 4.69) is 15.9 Å². The van der Waals surface area contributed by atoms with Crippen LogP contribution in [0.1, 0.15) is 18.9 Å². The van der Waals surface area contributed by atoms with E-state index in [9.17, 15) is 14.4 Å². The topological polar surface area (TPSA) is 66.9 Å². The van der Waals surface area contributed by atoms with Crippen molar-refractivity contribution < 1.29 is 19.1 Å². The van der Waals surface area contributed by atoms with Crippen molar-refractivity contribution >= 4 is 39.4 Å². The number of carbonyl (C=O) groups is 3. The van der Waals surface area contributed by atoms with E-state index in [4.69, 9.17) is 4.74 Å². The number of rotatable bonds is 7. The van der Waals surface area contributed by atoms with Crippen molar-refractivity contribution in [3.05, 3.63) is 64.6 Å². The predicted molar refractivity (Wildman–Crippen MR) is 118 cm³/mol. The lowest BCUT2D eigenvalue weighted by Crippen LogP contribution is -2.43. The molecule has 0 saturated carbocycles. The van der Waals surface area contributed by atoms with Gasteiger partial charge >= 0.3 is 5.97 Å². The van der Waals surface area contributed by atoms with Gasteiger partial charge < -0.3 is 14.5 Å². The minimum Gasteiger partial charge on any atom is -0.469 e. The number of methoxy groups -OCH3 is 1. The molecule has 1 heterocycles. The highest BCUT2D eigenvalue weighted by molar-refractivity contribution is 9.10. The van der Waals surface area contributed by atoms with Gasteiger partial charge in [-0.25, -0.2) is 0 Å². The van der Waals surface area contributed by atoms with Gasteiger partial charge in [-0.05, 0) is 40.0 Å². The van der Waals surface area contributed by atoms with Crippen LogP contribution in [0.3, 0.4) is 0 Å². The highest BCUT2D eigenvalue weighted by Gasteiger charge is 2.40. The molecule has 158 valence electrons. The van der Waals surface area contributed by atoms with Crippen LogP contribution in [0.15, 0.2) is 59.1 Å². The number of hydrogen-bond acceptors (Lipinski definition) is 4. The minimum atomic E-state index is -0.759. The van der Waals surface area contributed by atoms with Crippen LogP contribution in [0, 0.1) is 11.8 Å². The standard InChI is InChI=1S/C23H25BrN2O4/c1-16(23(29)30-2)14-25(15-17-8-4-3-5-9-17)21(27)18-12-13-26(22(18)28)20-11-7-6-10-19(20)24/h3-11,16,18H,12-15H2,1-2H3. The Kier molecular flexibility index (Phi) is 7.26. The van der Waals surface area contributed by atoms with Gasteiger partial charge in [0.15, 0.2) is 0 Å². The van der Waals surface area contributed by atoms with Crippen molar-refractivity contribution in [1.82, 2.24) is 4.90 Å². The fourth-order valence-electron chi connectivity index (χ4n) is 3.68. The van der Waals surface area contributed by atoms with Crippen molar-refractivity contribution in [3.8, 4) is 0 Å². The van der Waals surface area contributed by atoms with E-state index in [-0.39, 0.29) is 24.3 Å². The van der Waals surface area contributed by atoms with Crippen molar-refractivity contribution in [2.45, 2.75) is 19.9 Å². The molecule has 0 aliphatic carbocycles. The Balaban J connectivity index is 1.80. The lowest BCUT2D eigenvalue weighted by molar-refractivity contribution is -0.147.